The molecule has 0 saturated heterocycles. The summed E-state index contributed by atoms with van der Waals surface area (Å²) in [5.74, 6) is 1.49. The van der Waals surface area contributed by atoms with E-state index in [1.165, 1.54) is 23.1 Å². The molecule has 3 heterocycles. The lowest BCUT2D eigenvalue weighted by Crippen LogP contribution is -2.14. The number of amides is 1. The van der Waals surface area contributed by atoms with E-state index in [9.17, 15) is 4.79 Å². The predicted octanol–water partition coefficient (Wildman–Crippen LogP) is 6.15. The third kappa shape index (κ3) is 4.68. The molecule has 0 bridgehead atoms. The fourth-order valence-corrected chi connectivity index (χ4v) is 5.73. The lowest BCUT2D eigenvalue weighted by atomic mass is 10.1. The van der Waals surface area contributed by atoms with Gasteiger partial charge in [-0.1, -0.05) is 53.4 Å². The Bertz CT molecular complexity index is 1670. The van der Waals surface area contributed by atoms with E-state index in [0.29, 0.717) is 22.7 Å². The van der Waals surface area contributed by atoms with Gasteiger partial charge >= 0.3 is 0 Å². The average Bonchev–Trinajstić information content (AvgIpc) is 3.64. The van der Waals surface area contributed by atoms with Gasteiger partial charge in [0.25, 0.3) is 0 Å². The van der Waals surface area contributed by atoms with E-state index in [2.05, 4.69) is 31.5 Å². The van der Waals surface area contributed by atoms with Crippen molar-refractivity contribution >= 4 is 55.3 Å². The van der Waals surface area contributed by atoms with Gasteiger partial charge in [0.2, 0.25) is 5.91 Å². The smallest absolute Gasteiger partial charge is 0.236 e. The lowest BCUT2D eigenvalue weighted by Gasteiger charge is -2.11. The van der Waals surface area contributed by atoms with E-state index in [1.54, 1.807) is 0 Å². The first-order chi connectivity index (χ1) is 18.2. The van der Waals surface area contributed by atoms with Gasteiger partial charge in [0.05, 0.1) is 22.6 Å². The molecule has 6 rings (SSSR count). The largest absolute Gasteiger partial charge is 0.494 e. The molecular formula is C27H22N6O2S2. The third-order valence-electron chi connectivity index (χ3n) is 5.74. The maximum absolute atomic E-state index is 12.8. The summed E-state index contributed by atoms with van der Waals surface area (Å²) in [4.78, 5) is 20.6. The highest BCUT2D eigenvalue weighted by Gasteiger charge is 2.20. The summed E-state index contributed by atoms with van der Waals surface area (Å²) in [6.45, 7) is 2.55. The van der Waals surface area contributed by atoms with Gasteiger partial charge in [0.15, 0.2) is 16.1 Å². The van der Waals surface area contributed by atoms with E-state index < -0.39 is 0 Å². The number of nitrogens with zero attached hydrogens (tertiary/aromatic N) is 4. The fraction of sp³-hybridized carbons (Fsp3) is 0.111. The van der Waals surface area contributed by atoms with Crippen LogP contribution in [-0.4, -0.2) is 43.0 Å². The first-order valence-corrected chi connectivity index (χ1v) is 13.5. The minimum atomic E-state index is -0.154. The van der Waals surface area contributed by atoms with Crippen LogP contribution in [0.2, 0.25) is 0 Å². The number of benzene rings is 3. The number of aromatic amines is 1. The summed E-state index contributed by atoms with van der Waals surface area (Å²) in [5, 5.41) is 14.2. The number of thioether (sulfide) groups is 1. The zero-order chi connectivity index (χ0) is 25.2. The maximum Gasteiger partial charge on any atom is 0.236 e. The Morgan fingerprint density at radius 3 is 2.70 bits per heavy atom. The molecule has 6 aromatic rings. The summed E-state index contributed by atoms with van der Waals surface area (Å²) in [7, 11) is 0. The molecule has 3 aromatic carbocycles. The number of H-pyrrole nitrogens is 1. The number of thiazole rings is 1. The van der Waals surface area contributed by atoms with Crippen LogP contribution in [0, 0.1) is 0 Å². The number of hydrogen-bond donors (Lipinski definition) is 2. The average molecular weight is 527 g/mol. The maximum atomic E-state index is 12.8. The lowest BCUT2D eigenvalue weighted by molar-refractivity contribution is -0.113. The Hall–Kier alpha value is -4.15. The minimum absolute atomic E-state index is 0.154. The summed E-state index contributed by atoms with van der Waals surface area (Å²) in [5.41, 5.74) is 3.70. The number of carbonyl (C=O) groups excluding carboxylic acids is 1. The van der Waals surface area contributed by atoms with Gasteiger partial charge < -0.3 is 15.0 Å². The number of rotatable bonds is 8. The third-order valence-corrected chi connectivity index (χ3v) is 7.62. The van der Waals surface area contributed by atoms with Crippen molar-refractivity contribution in [3.8, 4) is 22.8 Å². The monoisotopic (exact) mass is 526 g/mol. The van der Waals surface area contributed by atoms with Gasteiger partial charge in [0, 0.05) is 28.4 Å². The predicted molar refractivity (Wildman–Crippen MR) is 149 cm³/mol. The molecule has 0 radical (unpaired) electrons. The van der Waals surface area contributed by atoms with Gasteiger partial charge in [-0.2, -0.15) is 0 Å². The summed E-state index contributed by atoms with van der Waals surface area (Å²) >= 11 is 2.78. The van der Waals surface area contributed by atoms with Crippen LogP contribution >= 0.6 is 23.1 Å². The van der Waals surface area contributed by atoms with Crippen molar-refractivity contribution in [1.82, 2.24) is 24.7 Å². The van der Waals surface area contributed by atoms with Gasteiger partial charge in [0.1, 0.15) is 5.75 Å². The Morgan fingerprint density at radius 1 is 1.05 bits per heavy atom. The van der Waals surface area contributed by atoms with Gasteiger partial charge in [-0.3, -0.25) is 9.36 Å². The second-order valence-corrected chi connectivity index (χ2v) is 10.1. The molecule has 0 aliphatic rings. The van der Waals surface area contributed by atoms with Crippen LogP contribution in [0.5, 0.6) is 5.75 Å². The molecule has 8 nitrogen and oxygen atoms in total. The van der Waals surface area contributed by atoms with Crippen LogP contribution in [0.4, 0.5) is 5.13 Å². The second-order valence-electron chi connectivity index (χ2n) is 8.14. The number of fused-ring (bicyclic) bond motifs is 2. The molecule has 0 fully saturated rings. The summed E-state index contributed by atoms with van der Waals surface area (Å²) in [6, 6.07) is 23.7. The van der Waals surface area contributed by atoms with Crippen LogP contribution in [0.3, 0.4) is 0 Å². The number of aromatic nitrogens is 5. The van der Waals surface area contributed by atoms with Crippen molar-refractivity contribution in [1.29, 1.82) is 0 Å². The highest BCUT2D eigenvalue weighted by atomic mass is 32.2. The molecule has 0 aliphatic heterocycles. The summed E-state index contributed by atoms with van der Waals surface area (Å²) < 4.78 is 8.62. The Morgan fingerprint density at radius 2 is 1.86 bits per heavy atom. The summed E-state index contributed by atoms with van der Waals surface area (Å²) in [6.07, 6.45) is 1.94. The van der Waals surface area contributed by atoms with E-state index in [1.807, 2.05) is 84.4 Å². The quantitative estimate of drug-likeness (QED) is 0.231. The Balaban J connectivity index is 1.30. The molecular weight excluding hydrogens is 504 g/mol. The van der Waals surface area contributed by atoms with E-state index in [-0.39, 0.29) is 11.7 Å². The number of ether oxygens (including phenoxy) is 1. The SMILES string of the molecule is CCOc1ccc(-n2c(SCC(=O)Nc3nc4ccccc4s3)nnc2-c2c[nH]c3ccccc23)cc1. The first-order valence-electron chi connectivity index (χ1n) is 11.7. The Kier molecular flexibility index (Phi) is 6.33. The van der Waals surface area contributed by atoms with Gasteiger partial charge in [-0.15, -0.1) is 10.2 Å². The highest BCUT2D eigenvalue weighted by molar-refractivity contribution is 7.99. The van der Waals surface area contributed by atoms with E-state index >= 15 is 0 Å². The van der Waals surface area contributed by atoms with Gasteiger partial charge in [-0.05, 0) is 49.4 Å². The van der Waals surface area contributed by atoms with Crippen molar-refractivity contribution in [3.05, 3.63) is 79.0 Å². The zero-order valence-electron chi connectivity index (χ0n) is 19.8. The van der Waals surface area contributed by atoms with Crippen molar-refractivity contribution in [2.45, 2.75) is 12.1 Å². The molecule has 0 saturated carbocycles. The van der Waals surface area contributed by atoms with Crippen molar-refractivity contribution in [2.24, 2.45) is 0 Å². The number of carbonyl (C=O) groups is 1. The molecule has 1 amide bonds. The molecule has 2 N–H and O–H groups in total. The van der Waals surface area contributed by atoms with Crippen LogP contribution in [0.1, 0.15) is 6.92 Å². The number of nitrogens with one attached hydrogen (secondary N) is 2. The first kappa shape index (κ1) is 23.3. The molecule has 3 aromatic heterocycles. The highest BCUT2D eigenvalue weighted by Crippen LogP contribution is 2.33. The fourth-order valence-electron chi connectivity index (χ4n) is 4.10. The van der Waals surface area contributed by atoms with Crippen molar-refractivity contribution in [3.63, 3.8) is 0 Å². The van der Waals surface area contributed by atoms with Gasteiger partial charge in [-0.25, -0.2) is 4.98 Å². The van der Waals surface area contributed by atoms with Crippen LogP contribution < -0.4 is 10.1 Å². The van der Waals surface area contributed by atoms with Crippen LogP contribution in [0.15, 0.2) is 84.1 Å². The second kappa shape index (κ2) is 10.1. The molecule has 0 aliphatic carbocycles. The normalized spacial score (nSPS) is 11.3. The number of hydrogen-bond acceptors (Lipinski definition) is 7. The van der Waals surface area contributed by atoms with Crippen molar-refractivity contribution in [2.75, 3.05) is 17.7 Å². The Labute approximate surface area is 220 Å². The number of para-hydroxylation sites is 2. The zero-order valence-corrected chi connectivity index (χ0v) is 21.5. The van der Waals surface area contributed by atoms with Crippen molar-refractivity contribution < 1.29 is 9.53 Å². The van der Waals surface area contributed by atoms with E-state index in [0.717, 1.165) is 38.1 Å². The molecule has 10 heteroatoms. The molecule has 0 spiro atoms. The molecule has 0 unspecified atom stereocenters. The van der Waals surface area contributed by atoms with Crippen LogP contribution in [0.25, 0.3) is 38.2 Å². The minimum Gasteiger partial charge on any atom is -0.494 e. The molecule has 184 valence electrons. The standard InChI is InChI=1S/C27H22N6O2S2/c1-2-35-18-13-11-17(12-14-18)33-25(20-15-28-21-8-4-3-7-19(20)21)31-32-27(33)36-16-24(34)30-26-29-22-9-5-6-10-23(22)37-26/h3-15,28H,2,16H2,1H3,(H,29,30,34). The number of anilines is 1. The molecule has 0 atom stereocenters. The van der Waals surface area contributed by atoms with E-state index in [4.69, 9.17) is 4.74 Å². The van der Waals surface area contributed by atoms with Crippen LogP contribution in [-0.2, 0) is 4.79 Å². The molecule has 37 heavy (non-hydrogen) atoms. The topological polar surface area (TPSA) is 97.7 Å².